The van der Waals surface area contributed by atoms with Gasteiger partial charge in [0.05, 0.1) is 0 Å². The first kappa shape index (κ1) is 29.4. The molecule has 0 bridgehead atoms. The van der Waals surface area contributed by atoms with Crippen LogP contribution in [0.5, 0.6) is 0 Å². The van der Waals surface area contributed by atoms with Gasteiger partial charge in [-0.15, -0.1) is 0 Å². The molecule has 5 aromatic carbocycles. The lowest BCUT2D eigenvalue weighted by Crippen LogP contribution is -2.42. The van der Waals surface area contributed by atoms with Crippen molar-refractivity contribution in [2.45, 2.75) is 48.0 Å². The van der Waals surface area contributed by atoms with Crippen molar-refractivity contribution in [2.24, 2.45) is 5.41 Å². The Hall–Kier alpha value is -4.68. The Morgan fingerprint density at radius 1 is 0.659 bits per heavy atom. The summed E-state index contributed by atoms with van der Waals surface area (Å²) in [5.41, 5.74) is 13.1. The van der Waals surface area contributed by atoms with E-state index in [-0.39, 0.29) is 5.41 Å². The maximum absolute atomic E-state index is 2.45. The molecule has 0 N–H and O–H groups in total. The van der Waals surface area contributed by atoms with Gasteiger partial charge in [-0.1, -0.05) is 148 Å². The maximum atomic E-state index is 2.45. The van der Waals surface area contributed by atoms with E-state index in [1.54, 1.807) is 0 Å². The van der Waals surface area contributed by atoms with Gasteiger partial charge >= 0.3 is 0 Å². The molecule has 0 radical (unpaired) electrons. The second-order valence-corrected chi connectivity index (χ2v) is 11.9. The predicted molar refractivity (Wildman–Crippen MR) is 192 cm³/mol. The molecule has 1 unspecified atom stereocenters. The smallest absolute Gasteiger partial charge is 0.0227 e. The van der Waals surface area contributed by atoms with Crippen LogP contribution >= 0.6 is 0 Å². The fourth-order valence-corrected chi connectivity index (χ4v) is 7.27. The molecular formula is C44H42. The summed E-state index contributed by atoms with van der Waals surface area (Å²) in [6.45, 7) is 13.0. The second-order valence-electron chi connectivity index (χ2n) is 11.9. The van der Waals surface area contributed by atoms with Crippen LogP contribution in [-0.2, 0) is 0 Å². The monoisotopic (exact) mass is 570 g/mol. The predicted octanol–water partition coefficient (Wildman–Crippen LogP) is 10.5. The molecule has 0 nitrogen and oxygen atoms in total. The Bertz CT molecular complexity index is 2100. The fourth-order valence-electron chi connectivity index (χ4n) is 7.27. The maximum Gasteiger partial charge on any atom is 0.0227 e. The van der Waals surface area contributed by atoms with Crippen LogP contribution in [0.4, 0.5) is 0 Å². The number of allylic oxidation sites excluding steroid dienone is 5. The van der Waals surface area contributed by atoms with Gasteiger partial charge in [-0.2, -0.15) is 0 Å². The quantitative estimate of drug-likeness (QED) is 0.202. The first-order valence-electron chi connectivity index (χ1n) is 16.0. The molecule has 0 heterocycles. The molecule has 44 heavy (non-hydrogen) atoms. The molecule has 0 aromatic heterocycles. The van der Waals surface area contributed by atoms with E-state index in [4.69, 9.17) is 0 Å². The van der Waals surface area contributed by atoms with Crippen LogP contribution in [0.15, 0.2) is 133 Å². The molecule has 0 aliphatic heterocycles. The minimum atomic E-state index is -0.156. The van der Waals surface area contributed by atoms with Crippen LogP contribution in [0.1, 0.15) is 61.9 Å². The summed E-state index contributed by atoms with van der Waals surface area (Å²) in [5.74, 6) is 0. The summed E-state index contributed by atoms with van der Waals surface area (Å²) in [6, 6.07) is 38.4. The van der Waals surface area contributed by atoms with Crippen molar-refractivity contribution in [1.29, 1.82) is 0 Å². The van der Waals surface area contributed by atoms with E-state index in [2.05, 4.69) is 161 Å². The number of hydrogen-bond acceptors (Lipinski definition) is 0. The summed E-state index contributed by atoms with van der Waals surface area (Å²) < 4.78 is 0. The molecule has 0 heteroatoms. The molecule has 1 atom stereocenters. The van der Waals surface area contributed by atoms with Gasteiger partial charge in [-0.3, -0.25) is 0 Å². The van der Waals surface area contributed by atoms with Gasteiger partial charge in [-0.05, 0) is 110 Å². The summed E-state index contributed by atoms with van der Waals surface area (Å²) in [6.07, 6.45) is 12.3. The van der Waals surface area contributed by atoms with Gasteiger partial charge in [0.2, 0.25) is 0 Å². The van der Waals surface area contributed by atoms with Crippen LogP contribution in [0, 0.1) is 19.3 Å². The summed E-state index contributed by atoms with van der Waals surface area (Å²) in [4.78, 5) is 0. The highest BCUT2D eigenvalue weighted by Crippen LogP contribution is 2.51. The summed E-state index contributed by atoms with van der Waals surface area (Å²) in [7, 11) is 0. The van der Waals surface area contributed by atoms with Crippen molar-refractivity contribution in [3.63, 3.8) is 0 Å². The molecule has 0 saturated heterocycles. The van der Waals surface area contributed by atoms with E-state index in [1.807, 2.05) is 13.8 Å². The van der Waals surface area contributed by atoms with Crippen molar-refractivity contribution in [3.05, 3.63) is 171 Å². The normalized spacial score (nSPS) is 17.2. The Kier molecular flexibility index (Phi) is 8.11. The van der Waals surface area contributed by atoms with Crippen LogP contribution in [0.3, 0.4) is 0 Å². The average molecular weight is 571 g/mol. The molecule has 7 rings (SSSR count). The number of rotatable bonds is 4. The van der Waals surface area contributed by atoms with Crippen molar-refractivity contribution in [1.82, 2.24) is 0 Å². The zero-order valence-electron chi connectivity index (χ0n) is 26.9. The minimum absolute atomic E-state index is 0.156. The van der Waals surface area contributed by atoms with Crippen LogP contribution in [0.2, 0.25) is 0 Å². The van der Waals surface area contributed by atoms with Crippen LogP contribution < -0.4 is 10.4 Å². The third-order valence-corrected chi connectivity index (χ3v) is 9.35. The van der Waals surface area contributed by atoms with Gasteiger partial charge in [0.15, 0.2) is 0 Å². The van der Waals surface area contributed by atoms with E-state index in [0.717, 1.165) is 6.42 Å². The summed E-state index contributed by atoms with van der Waals surface area (Å²) >= 11 is 0. The third-order valence-electron chi connectivity index (χ3n) is 9.35. The molecule has 5 aromatic rings. The highest BCUT2D eigenvalue weighted by Gasteiger charge is 2.39. The van der Waals surface area contributed by atoms with Crippen LogP contribution in [0.25, 0.3) is 39.1 Å². The zero-order valence-corrected chi connectivity index (χ0v) is 26.9. The topological polar surface area (TPSA) is 0 Å². The Morgan fingerprint density at radius 3 is 2.07 bits per heavy atom. The van der Waals surface area contributed by atoms with Crippen molar-refractivity contribution < 1.29 is 0 Å². The molecule has 0 fully saturated rings. The fraction of sp³-hybridized carbons (Fsp3) is 0.182. The molecule has 0 amide bonds. The van der Waals surface area contributed by atoms with Crippen molar-refractivity contribution >= 4 is 28.0 Å². The molecule has 2 aliphatic rings. The van der Waals surface area contributed by atoms with Gasteiger partial charge in [0.1, 0.15) is 0 Å². The van der Waals surface area contributed by atoms with Gasteiger partial charge in [0.25, 0.3) is 0 Å². The molecule has 2 aliphatic carbocycles. The highest BCUT2D eigenvalue weighted by atomic mass is 14.4. The zero-order chi connectivity index (χ0) is 30.8. The summed E-state index contributed by atoms with van der Waals surface area (Å²) in [5, 5.41) is 5.25. The molecular weight excluding hydrogens is 528 g/mol. The number of fused-ring (bicyclic) bond motifs is 3. The lowest BCUT2D eigenvalue weighted by molar-refractivity contribution is 0.547. The molecule has 218 valence electrons. The van der Waals surface area contributed by atoms with Gasteiger partial charge in [-0.25, -0.2) is 0 Å². The third kappa shape index (κ3) is 4.80. The highest BCUT2D eigenvalue weighted by molar-refractivity contribution is 6.06. The van der Waals surface area contributed by atoms with E-state index >= 15 is 0 Å². The Labute approximate surface area is 263 Å². The minimum Gasteiger partial charge on any atom is -0.0871 e. The van der Waals surface area contributed by atoms with E-state index in [0.29, 0.717) is 0 Å². The lowest BCUT2D eigenvalue weighted by Gasteiger charge is -2.41. The van der Waals surface area contributed by atoms with Crippen molar-refractivity contribution in [3.8, 4) is 11.1 Å². The first-order chi connectivity index (χ1) is 21.5. The molecule has 0 spiro atoms. The van der Waals surface area contributed by atoms with Crippen LogP contribution in [-0.4, -0.2) is 0 Å². The second kappa shape index (κ2) is 12.1. The number of benzene rings is 5. The SMILES string of the molecule is C/C=C\c1cc(C2=c3ccccc3=C(c3ccc(-c4ccccc4C)c4ccccc34)C3=CC=CCC32C)ccc1C.CC. The molecule has 0 saturated carbocycles. The van der Waals surface area contributed by atoms with Gasteiger partial charge in [0, 0.05) is 5.41 Å². The largest absolute Gasteiger partial charge is 0.0871 e. The standard InChI is InChI=1S/C42H36.C2H6/c1-5-14-30-27-31(23-22-28(30)2)41-38-20-11-10-19-36(38)40(39-21-12-13-26-42(39,41)4)37-25-24-35(32-16-7-6-15-29(32)3)33-17-8-9-18-34(33)37;1-2/h5-25,27H,26H2,1-4H3;1-2H3/b14-5-;. The Morgan fingerprint density at radius 2 is 1.32 bits per heavy atom. The first-order valence-corrected chi connectivity index (χ1v) is 16.0. The number of aryl methyl sites for hydroxylation is 2. The Balaban J connectivity index is 0.00000168. The van der Waals surface area contributed by atoms with E-state index in [1.165, 1.54) is 76.9 Å². The van der Waals surface area contributed by atoms with E-state index < -0.39 is 0 Å². The number of hydrogen-bond donors (Lipinski definition) is 0. The lowest BCUT2D eigenvalue weighted by atomic mass is 9.62. The average Bonchev–Trinajstić information content (AvgIpc) is 3.06. The van der Waals surface area contributed by atoms with Crippen molar-refractivity contribution in [2.75, 3.05) is 0 Å². The van der Waals surface area contributed by atoms with E-state index in [9.17, 15) is 0 Å². The van der Waals surface area contributed by atoms with Gasteiger partial charge < -0.3 is 0 Å².